The molecule has 0 fully saturated rings. The topological polar surface area (TPSA) is 69.7 Å². The molecule has 0 aliphatic rings. The van der Waals surface area contributed by atoms with Gasteiger partial charge < -0.3 is 4.42 Å². The second-order valence-corrected chi connectivity index (χ2v) is 7.74. The highest BCUT2D eigenvalue weighted by molar-refractivity contribution is 7.07. The van der Waals surface area contributed by atoms with Crippen LogP contribution >= 0.6 is 11.3 Å². The van der Waals surface area contributed by atoms with Gasteiger partial charge in [0.25, 0.3) is 5.56 Å². The Balaban J connectivity index is 1.95. The zero-order valence-electron chi connectivity index (χ0n) is 17.4. The lowest BCUT2D eigenvalue weighted by molar-refractivity contribution is 0.575. The summed E-state index contributed by atoms with van der Waals surface area (Å²) in [5.74, 6) is 0.701. The van der Waals surface area contributed by atoms with Crippen molar-refractivity contribution in [2.24, 2.45) is 17.1 Å². The molecule has 0 saturated heterocycles. The minimum atomic E-state index is -0.170. The van der Waals surface area contributed by atoms with Crippen LogP contribution in [-0.4, -0.2) is 19.8 Å². The second-order valence-electron chi connectivity index (χ2n) is 6.90. The van der Waals surface area contributed by atoms with Gasteiger partial charge in [0.2, 0.25) is 4.80 Å². The molecule has 0 saturated carbocycles. The van der Waals surface area contributed by atoms with Crippen molar-refractivity contribution >= 4 is 22.7 Å². The van der Waals surface area contributed by atoms with Gasteiger partial charge in [-0.2, -0.15) is 5.10 Å². The van der Waals surface area contributed by atoms with E-state index in [-0.39, 0.29) is 5.56 Å². The van der Waals surface area contributed by atoms with Crippen LogP contribution in [0.15, 0.2) is 73.4 Å². The molecule has 0 spiro atoms. The highest BCUT2D eigenvalue weighted by Crippen LogP contribution is 2.22. The van der Waals surface area contributed by atoms with Gasteiger partial charge in [-0.15, -0.1) is 11.3 Å². The number of benzene rings is 1. The van der Waals surface area contributed by atoms with Crippen LogP contribution in [0.2, 0.25) is 0 Å². The normalized spacial score (nSPS) is 12.7. The van der Waals surface area contributed by atoms with Gasteiger partial charge in [-0.05, 0) is 44.5 Å². The number of nitrogens with zero attached hydrogens (tertiary/aromatic N) is 5. The second kappa shape index (κ2) is 8.16. The van der Waals surface area contributed by atoms with Crippen LogP contribution in [0.25, 0.3) is 17.1 Å². The monoisotopic (exact) mass is 421 g/mol. The molecule has 0 unspecified atom stereocenters. The smallest absolute Gasteiger partial charge is 0.297 e. The summed E-state index contributed by atoms with van der Waals surface area (Å²) in [6.07, 6.45) is 2.44. The molecule has 8 heteroatoms. The van der Waals surface area contributed by atoms with Gasteiger partial charge in [-0.1, -0.05) is 25.1 Å². The first-order chi connectivity index (χ1) is 14.5. The van der Waals surface area contributed by atoms with E-state index in [9.17, 15) is 4.79 Å². The first-order valence-corrected chi connectivity index (χ1v) is 10.6. The number of thiazole rings is 1. The minimum Gasteiger partial charge on any atom is -0.463 e. The van der Waals surface area contributed by atoms with E-state index in [1.807, 2.05) is 73.4 Å². The van der Waals surface area contributed by atoms with Crippen LogP contribution in [-0.2, 0) is 7.05 Å². The molecule has 0 atom stereocenters. The first-order valence-electron chi connectivity index (χ1n) is 9.69. The molecule has 0 amide bonds. The van der Waals surface area contributed by atoms with Gasteiger partial charge in [-0.25, -0.2) is 14.4 Å². The van der Waals surface area contributed by atoms with E-state index in [4.69, 9.17) is 14.5 Å². The molecule has 3 heterocycles. The lowest BCUT2D eigenvalue weighted by Crippen LogP contribution is -2.20. The third kappa shape index (κ3) is 3.50. The summed E-state index contributed by atoms with van der Waals surface area (Å²) in [5, 5.41) is 6.65. The van der Waals surface area contributed by atoms with E-state index in [1.165, 1.54) is 11.3 Å². The number of rotatable bonds is 5. The Bertz CT molecular complexity index is 1320. The summed E-state index contributed by atoms with van der Waals surface area (Å²) in [4.78, 5) is 18.6. The minimum absolute atomic E-state index is 0.170. The van der Waals surface area contributed by atoms with E-state index in [2.05, 4.69) is 6.92 Å². The Morgan fingerprint density at radius 2 is 1.93 bits per heavy atom. The molecule has 7 nitrogen and oxygen atoms in total. The van der Waals surface area contributed by atoms with Gasteiger partial charge in [0.15, 0.2) is 11.4 Å². The summed E-state index contributed by atoms with van der Waals surface area (Å²) in [5.41, 5.74) is 3.55. The summed E-state index contributed by atoms with van der Waals surface area (Å²) in [6.45, 7) is 5.91. The van der Waals surface area contributed by atoms with Gasteiger partial charge in [0.1, 0.15) is 5.69 Å². The highest BCUT2D eigenvalue weighted by Gasteiger charge is 2.17. The van der Waals surface area contributed by atoms with Crippen LogP contribution in [0.1, 0.15) is 26.0 Å². The van der Waals surface area contributed by atoms with Crippen LogP contribution in [0, 0.1) is 6.92 Å². The number of hydrogen-bond donors (Lipinski definition) is 0. The molecule has 1 aromatic carbocycles. The van der Waals surface area contributed by atoms with Crippen molar-refractivity contribution in [3.63, 3.8) is 0 Å². The van der Waals surface area contributed by atoms with Crippen LogP contribution in [0.3, 0.4) is 0 Å². The molecular formula is C22H23N5O2S. The number of aromatic nitrogens is 3. The lowest BCUT2D eigenvalue weighted by atomic mass is 10.3. The van der Waals surface area contributed by atoms with E-state index in [0.717, 1.165) is 29.2 Å². The Labute approximate surface area is 177 Å². The average Bonchev–Trinajstić information content (AvgIpc) is 3.46. The van der Waals surface area contributed by atoms with Gasteiger partial charge in [-0.3, -0.25) is 9.48 Å². The average molecular weight is 422 g/mol. The number of hydrogen-bond acceptors (Lipinski definition) is 5. The fourth-order valence-corrected chi connectivity index (χ4v) is 3.90. The SMILES string of the molecule is CCC(C)=Nn1c(-c2ccco2)csc1=Nc1c(C)n(C)n(-c2ccccc2)c1=O. The van der Waals surface area contributed by atoms with Crippen molar-refractivity contribution in [3.8, 4) is 17.1 Å². The Kier molecular flexibility index (Phi) is 5.41. The zero-order chi connectivity index (χ0) is 21.3. The summed E-state index contributed by atoms with van der Waals surface area (Å²) < 4.78 is 10.8. The van der Waals surface area contributed by atoms with E-state index < -0.39 is 0 Å². The molecule has 4 aromatic rings. The predicted molar refractivity (Wildman–Crippen MR) is 120 cm³/mol. The molecule has 3 aromatic heterocycles. The molecule has 30 heavy (non-hydrogen) atoms. The Morgan fingerprint density at radius 1 is 1.17 bits per heavy atom. The Hall–Kier alpha value is -3.39. The maximum atomic E-state index is 13.2. The zero-order valence-corrected chi connectivity index (χ0v) is 18.2. The van der Waals surface area contributed by atoms with Crippen molar-refractivity contribution < 1.29 is 4.42 Å². The van der Waals surface area contributed by atoms with Gasteiger partial charge >= 0.3 is 0 Å². The highest BCUT2D eigenvalue weighted by atomic mass is 32.1. The van der Waals surface area contributed by atoms with Crippen molar-refractivity contribution in [1.82, 2.24) is 14.0 Å². The van der Waals surface area contributed by atoms with Gasteiger partial charge in [0.05, 0.1) is 17.6 Å². The van der Waals surface area contributed by atoms with Crippen LogP contribution < -0.4 is 10.4 Å². The standard InChI is InChI=1S/C22H23N5O2S/c1-5-15(2)24-26-18(19-12-9-13-29-19)14-30-22(26)23-20-16(3)25(4)27(21(20)28)17-10-7-6-8-11-17/h6-14H,5H2,1-4H3. The number of para-hydroxylation sites is 1. The summed E-state index contributed by atoms with van der Waals surface area (Å²) in [7, 11) is 1.86. The van der Waals surface area contributed by atoms with Crippen molar-refractivity contribution in [2.45, 2.75) is 27.2 Å². The Morgan fingerprint density at radius 3 is 2.60 bits per heavy atom. The van der Waals surface area contributed by atoms with E-state index in [1.54, 1.807) is 15.6 Å². The molecule has 0 N–H and O–H groups in total. The maximum absolute atomic E-state index is 13.2. The fraction of sp³-hybridized carbons (Fsp3) is 0.227. The third-order valence-electron chi connectivity index (χ3n) is 4.97. The molecule has 0 aliphatic heterocycles. The predicted octanol–water partition coefficient (Wildman–Crippen LogP) is 4.47. The van der Waals surface area contributed by atoms with Crippen molar-refractivity contribution in [3.05, 3.63) is 75.0 Å². The van der Waals surface area contributed by atoms with E-state index in [0.29, 0.717) is 16.2 Å². The quantitative estimate of drug-likeness (QED) is 0.446. The number of furan rings is 1. The van der Waals surface area contributed by atoms with Crippen LogP contribution in [0.4, 0.5) is 5.69 Å². The molecule has 154 valence electrons. The summed E-state index contributed by atoms with van der Waals surface area (Å²) in [6, 6.07) is 13.3. The van der Waals surface area contributed by atoms with E-state index >= 15 is 0 Å². The lowest BCUT2D eigenvalue weighted by Gasteiger charge is -2.07. The van der Waals surface area contributed by atoms with Crippen LogP contribution in [0.5, 0.6) is 0 Å². The largest absolute Gasteiger partial charge is 0.463 e. The molecular weight excluding hydrogens is 398 g/mol. The molecule has 0 radical (unpaired) electrons. The van der Waals surface area contributed by atoms with Gasteiger partial charge in [0, 0.05) is 18.1 Å². The van der Waals surface area contributed by atoms with Crippen molar-refractivity contribution in [1.29, 1.82) is 0 Å². The summed E-state index contributed by atoms with van der Waals surface area (Å²) >= 11 is 1.42. The first kappa shape index (κ1) is 19.9. The molecule has 0 bridgehead atoms. The molecule has 4 rings (SSSR count). The fourth-order valence-electron chi connectivity index (χ4n) is 3.09. The maximum Gasteiger partial charge on any atom is 0.297 e. The van der Waals surface area contributed by atoms with Crippen molar-refractivity contribution in [2.75, 3.05) is 0 Å². The molecule has 0 aliphatic carbocycles. The third-order valence-corrected chi connectivity index (χ3v) is 5.79.